The largest absolute Gasteiger partial charge is 0.368 e. The number of nitrogens with zero attached hydrogens (tertiary/aromatic N) is 7. The van der Waals surface area contributed by atoms with Gasteiger partial charge in [-0.1, -0.05) is 24.7 Å². The summed E-state index contributed by atoms with van der Waals surface area (Å²) in [5, 5.41) is 12.6. The zero-order valence-corrected chi connectivity index (χ0v) is 18.3. The number of aromatic nitrogens is 3. The highest BCUT2D eigenvalue weighted by atomic mass is 15.4. The van der Waals surface area contributed by atoms with Gasteiger partial charge in [0.05, 0.1) is 11.3 Å². The third kappa shape index (κ3) is 5.06. The van der Waals surface area contributed by atoms with Crippen LogP contribution in [0.2, 0.25) is 0 Å². The summed E-state index contributed by atoms with van der Waals surface area (Å²) in [7, 11) is 0. The van der Waals surface area contributed by atoms with Crippen LogP contribution in [0.3, 0.4) is 0 Å². The molecule has 3 N–H and O–H groups in total. The van der Waals surface area contributed by atoms with Crippen molar-refractivity contribution in [2.75, 3.05) is 36.8 Å². The molecule has 2 aromatic heterocycles. The second-order valence-corrected chi connectivity index (χ2v) is 7.99. The molecule has 9 nitrogen and oxygen atoms in total. The van der Waals surface area contributed by atoms with Crippen molar-refractivity contribution in [2.24, 2.45) is 4.99 Å². The van der Waals surface area contributed by atoms with Crippen molar-refractivity contribution < 1.29 is 0 Å². The van der Waals surface area contributed by atoms with Gasteiger partial charge in [-0.2, -0.15) is 10.2 Å². The Balaban J connectivity index is 1.51. The Hall–Kier alpha value is -3.85. The summed E-state index contributed by atoms with van der Waals surface area (Å²) in [4.78, 5) is 21.3. The Morgan fingerprint density at radius 3 is 2.66 bits per heavy atom. The minimum absolute atomic E-state index is 0.237. The van der Waals surface area contributed by atoms with Crippen molar-refractivity contribution in [3.05, 3.63) is 41.3 Å². The van der Waals surface area contributed by atoms with Gasteiger partial charge in [-0.25, -0.2) is 4.98 Å². The number of aryl methyl sites for hydroxylation is 1. The maximum atomic E-state index is 9.16. The van der Waals surface area contributed by atoms with Crippen LogP contribution in [0, 0.1) is 30.2 Å². The molecule has 1 aliphatic carbocycles. The van der Waals surface area contributed by atoms with E-state index in [1.807, 2.05) is 25.2 Å². The highest BCUT2D eigenvalue weighted by molar-refractivity contribution is 5.81. The Labute approximate surface area is 188 Å². The molecule has 0 bridgehead atoms. The molecule has 9 heteroatoms. The van der Waals surface area contributed by atoms with Crippen molar-refractivity contribution in [2.45, 2.75) is 38.6 Å². The topological polar surface area (TPSA) is 119 Å². The molecular formula is C23H27N9. The van der Waals surface area contributed by atoms with Crippen molar-refractivity contribution >= 4 is 17.7 Å². The Kier molecular flexibility index (Phi) is 6.66. The van der Waals surface area contributed by atoms with E-state index in [-0.39, 0.29) is 5.95 Å². The molecule has 2 aliphatic rings. The molecule has 164 valence electrons. The molecule has 0 atom stereocenters. The molecule has 1 aliphatic heterocycles. The fourth-order valence-electron chi connectivity index (χ4n) is 4.15. The first-order valence-corrected chi connectivity index (χ1v) is 10.9. The Morgan fingerprint density at radius 2 is 1.97 bits per heavy atom. The summed E-state index contributed by atoms with van der Waals surface area (Å²) < 4.78 is 0. The SMILES string of the molecule is Cc1nc(N)nc(N2CCN(/C(=N\C#N)NC3CCCC3)CC2)c1C#Cc1cccnc1. The van der Waals surface area contributed by atoms with E-state index in [1.165, 1.54) is 12.8 Å². The third-order valence-electron chi connectivity index (χ3n) is 5.80. The van der Waals surface area contributed by atoms with Crippen molar-refractivity contribution in [1.82, 2.24) is 25.2 Å². The lowest BCUT2D eigenvalue weighted by Crippen LogP contribution is -2.54. The Bertz CT molecular complexity index is 1060. The van der Waals surface area contributed by atoms with Gasteiger partial charge in [0.2, 0.25) is 18.1 Å². The predicted octanol–water partition coefficient (Wildman–Crippen LogP) is 1.65. The molecule has 0 aromatic carbocycles. The summed E-state index contributed by atoms with van der Waals surface area (Å²) in [6.07, 6.45) is 10.1. The molecule has 3 heterocycles. The number of piperazine rings is 1. The number of nitrogens with two attached hydrogens (primary N) is 1. The van der Waals surface area contributed by atoms with Gasteiger partial charge in [0, 0.05) is 50.2 Å². The fourth-order valence-corrected chi connectivity index (χ4v) is 4.15. The van der Waals surface area contributed by atoms with Gasteiger partial charge in [-0.05, 0) is 31.9 Å². The smallest absolute Gasteiger partial charge is 0.222 e. The van der Waals surface area contributed by atoms with Crippen LogP contribution in [0.15, 0.2) is 29.5 Å². The lowest BCUT2D eigenvalue weighted by atomic mass is 10.1. The number of nitriles is 1. The molecule has 0 unspecified atom stereocenters. The zero-order valence-electron chi connectivity index (χ0n) is 18.3. The fraction of sp³-hybridized carbons (Fsp3) is 0.435. The van der Waals surface area contributed by atoms with Gasteiger partial charge in [0.15, 0.2) is 0 Å². The van der Waals surface area contributed by atoms with Crippen LogP contribution in [0.25, 0.3) is 0 Å². The summed E-state index contributed by atoms with van der Waals surface area (Å²) >= 11 is 0. The minimum atomic E-state index is 0.237. The van der Waals surface area contributed by atoms with Crippen LogP contribution in [0.5, 0.6) is 0 Å². The van der Waals surface area contributed by atoms with Gasteiger partial charge < -0.3 is 20.9 Å². The molecule has 0 amide bonds. The first-order valence-electron chi connectivity index (χ1n) is 10.9. The number of anilines is 2. The maximum Gasteiger partial charge on any atom is 0.222 e. The van der Waals surface area contributed by atoms with Crippen LogP contribution in [0.1, 0.15) is 42.5 Å². The highest BCUT2D eigenvalue weighted by Gasteiger charge is 2.25. The number of hydrogen-bond donors (Lipinski definition) is 2. The van der Waals surface area contributed by atoms with E-state index in [2.05, 4.69) is 46.9 Å². The number of nitrogen functional groups attached to an aromatic ring is 1. The van der Waals surface area contributed by atoms with Gasteiger partial charge >= 0.3 is 0 Å². The summed E-state index contributed by atoms with van der Waals surface area (Å²) in [6, 6.07) is 4.18. The minimum Gasteiger partial charge on any atom is -0.368 e. The number of guanidine groups is 1. The molecule has 0 spiro atoms. The number of nitrogens with one attached hydrogen (secondary N) is 1. The predicted molar refractivity (Wildman–Crippen MR) is 124 cm³/mol. The van der Waals surface area contributed by atoms with E-state index in [4.69, 9.17) is 11.0 Å². The second-order valence-electron chi connectivity index (χ2n) is 7.99. The average Bonchev–Trinajstić information content (AvgIpc) is 3.32. The van der Waals surface area contributed by atoms with E-state index in [1.54, 1.807) is 12.4 Å². The number of pyridine rings is 1. The van der Waals surface area contributed by atoms with Gasteiger partial charge in [-0.15, -0.1) is 4.99 Å². The molecule has 1 saturated carbocycles. The monoisotopic (exact) mass is 429 g/mol. The molecule has 4 rings (SSSR count). The molecule has 2 aromatic rings. The zero-order chi connectivity index (χ0) is 22.3. The number of rotatable bonds is 2. The van der Waals surface area contributed by atoms with Gasteiger partial charge in [0.25, 0.3) is 0 Å². The quantitative estimate of drug-likeness (QED) is 0.320. The number of hydrogen-bond acceptors (Lipinski definition) is 7. The van der Waals surface area contributed by atoms with Crippen LogP contribution < -0.4 is 16.0 Å². The Morgan fingerprint density at radius 1 is 1.19 bits per heavy atom. The van der Waals surface area contributed by atoms with E-state index in [0.717, 1.165) is 48.6 Å². The second kappa shape index (κ2) is 9.97. The van der Waals surface area contributed by atoms with E-state index in [9.17, 15) is 0 Å². The number of aliphatic imine (C=N–C) groups is 1. The van der Waals surface area contributed by atoms with Crippen molar-refractivity contribution in [3.63, 3.8) is 0 Å². The lowest BCUT2D eigenvalue weighted by Gasteiger charge is -2.37. The van der Waals surface area contributed by atoms with E-state index >= 15 is 0 Å². The van der Waals surface area contributed by atoms with Gasteiger partial charge in [-0.3, -0.25) is 4.98 Å². The van der Waals surface area contributed by atoms with Crippen LogP contribution in [-0.4, -0.2) is 58.0 Å². The average molecular weight is 430 g/mol. The molecule has 32 heavy (non-hydrogen) atoms. The normalized spacial score (nSPS) is 16.9. The van der Waals surface area contributed by atoms with Gasteiger partial charge in [0.1, 0.15) is 5.82 Å². The molecule has 0 radical (unpaired) electrons. The van der Waals surface area contributed by atoms with Crippen LogP contribution >= 0.6 is 0 Å². The third-order valence-corrected chi connectivity index (χ3v) is 5.80. The first kappa shape index (κ1) is 21.4. The molecule has 1 saturated heterocycles. The molecular weight excluding hydrogens is 402 g/mol. The van der Waals surface area contributed by atoms with E-state index in [0.29, 0.717) is 25.1 Å². The van der Waals surface area contributed by atoms with Crippen LogP contribution in [0.4, 0.5) is 11.8 Å². The van der Waals surface area contributed by atoms with Crippen LogP contribution in [-0.2, 0) is 0 Å². The maximum absolute atomic E-state index is 9.16. The van der Waals surface area contributed by atoms with E-state index < -0.39 is 0 Å². The first-order chi connectivity index (χ1) is 15.6. The summed E-state index contributed by atoms with van der Waals surface area (Å²) in [5.41, 5.74) is 8.32. The highest BCUT2D eigenvalue weighted by Crippen LogP contribution is 2.23. The summed E-state index contributed by atoms with van der Waals surface area (Å²) in [5.74, 6) is 8.03. The lowest BCUT2D eigenvalue weighted by molar-refractivity contribution is 0.366. The summed E-state index contributed by atoms with van der Waals surface area (Å²) in [6.45, 7) is 4.77. The molecule has 2 fully saturated rings. The van der Waals surface area contributed by atoms with Crippen molar-refractivity contribution in [3.8, 4) is 18.0 Å². The standard InChI is InChI=1S/C23H27N9/c1-17-20(9-8-18-5-4-10-26-15-18)21(30-22(25)28-17)31-11-13-32(14-12-31)23(27-16-24)29-19-6-2-3-7-19/h4-5,10,15,19H,2-3,6-7,11-14H2,1H3,(H,27,29)(H2,25,28,30). The van der Waals surface area contributed by atoms with Crippen molar-refractivity contribution in [1.29, 1.82) is 5.26 Å².